The average Bonchev–Trinajstić information content (AvgIpc) is 2.97. The quantitative estimate of drug-likeness (QED) is 0.241. The summed E-state index contributed by atoms with van der Waals surface area (Å²) in [6.45, 7) is 10.00. The van der Waals surface area contributed by atoms with Crippen molar-refractivity contribution >= 4 is 28.2 Å². The van der Waals surface area contributed by atoms with E-state index in [0.717, 1.165) is 17.8 Å². The van der Waals surface area contributed by atoms with Gasteiger partial charge in [0, 0.05) is 6.42 Å². The van der Waals surface area contributed by atoms with Crippen molar-refractivity contribution in [2.24, 2.45) is 15.2 Å². The summed E-state index contributed by atoms with van der Waals surface area (Å²) in [6.07, 6.45) is -9.76. The van der Waals surface area contributed by atoms with Crippen molar-refractivity contribution in [1.82, 2.24) is 0 Å². The molecule has 4 nitrogen and oxygen atoms in total. The second-order valence-electron chi connectivity index (χ2n) is 5.91. The Labute approximate surface area is 155 Å². The van der Waals surface area contributed by atoms with E-state index in [1.807, 2.05) is 0 Å². The van der Waals surface area contributed by atoms with Gasteiger partial charge in [0.05, 0.1) is 17.8 Å². The lowest BCUT2D eigenvalue weighted by Crippen LogP contribution is -2.35. The number of azo groups is 1. The van der Waals surface area contributed by atoms with Gasteiger partial charge in [-0.15, -0.1) is 11.8 Å². The number of hydrogen-bond acceptors (Lipinski definition) is 4. The first-order valence-electron chi connectivity index (χ1n) is 7.70. The molecule has 0 bridgehead atoms. The highest BCUT2D eigenvalue weighted by molar-refractivity contribution is 8.14. The molecule has 0 amide bonds. The molecule has 0 spiro atoms. The van der Waals surface area contributed by atoms with Gasteiger partial charge < -0.3 is 0 Å². The first-order chi connectivity index (χ1) is 12.4. The Morgan fingerprint density at radius 1 is 1.33 bits per heavy atom. The van der Waals surface area contributed by atoms with E-state index in [1.165, 1.54) is 13.0 Å². The lowest BCUT2D eigenvalue weighted by atomic mass is 9.96. The maximum absolute atomic E-state index is 13.1. The summed E-state index contributed by atoms with van der Waals surface area (Å²) in [4.78, 5) is 6.96. The number of benzene rings is 1. The van der Waals surface area contributed by atoms with Crippen LogP contribution in [0.25, 0.3) is 4.85 Å². The minimum Gasteiger partial charge on any atom is -0.244 e. The molecule has 1 heterocycles. The second kappa shape index (κ2) is 7.50. The van der Waals surface area contributed by atoms with Gasteiger partial charge >= 0.3 is 12.4 Å². The standard InChI is InChI=1S/C16H14F6N4S/c1-4-27-13(14(2)8-12(25-26-14)16(20,21)22)24-9-5-6-11(23-3)10(7-9)15(17,18)19/h5-7,12H,4,8H2,1-2H3/t12?,14-/m1/s1. The zero-order valence-corrected chi connectivity index (χ0v) is 15.0. The van der Waals surface area contributed by atoms with E-state index in [4.69, 9.17) is 6.57 Å². The maximum Gasteiger partial charge on any atom is 0.412 e. The van der Waals surface area contributed by atoms with Crippen LogP contribution >= 0.6 is 11.8 Å². The highest BCUT2D eigenvalue weighted by Gasteiger charge is 2.50. The number of aliphatic imine (C=N–C) groups is 1. The van der Waals surface area contributed by atoms with Gasteiger partial charge in [-0.1, -0.05) is 13.0 Å². The van der Waals surface area contributed by atoms with Crippen LogP contribution in [0.15, 0.2) is 33.4 Å². The zero-order chi connectivity index (χ0) is 20.5. The third-order valence-corrected chi connectivity index (χ3v) is 4.86. The fraction of sp³-hybridized carbons (Fsp3) is 0.500. The predicted octanol–water partition coefficient (Wildman–Crippen LogP) is 6.58. The molecule has 1 unspecified atom stereocenters. The van der Waals surface area contributed by atoms with E-state index in [-0.39, 0.29) is 10.7 Å². The van der Waals surface area contributed by atoms with E-state index in [1.54, 1.807) is 6.92 Å². The van der Waals surface area contributed by atoms with E-state index in [9.17, 15) is 26.3 Å². The molecule has 1 aliphatic heterocycles. The van der Waals surface area contributed by atoms with Crippen LogP contribution < -0.4 is 0 Å². The van der Waals surface area contributed by atoms with Gasteiger partial charge in [-0.2, -0.15) is 36.6 Å². The maximum atomic E-state index is 13.1. The SMILES string of the molecule is [C-]#[N+]c1ccc(N=C(SCC)[C@@]2(C)CC(C(F)(F)F)N=N2)cc1C(F)(F)F. The Hall–Kier alpha value is -2.09. The molecule has 146 valence electrons. The van der Waals surface area contributed by atoms with Crippen molar-refractivity contribution in [3.63, 3.8) is 0 Å². The van der Waals surface area contributed by atoms with E-state index >= 15 is 0 Å². The van der Waals surface area contributed by atoms with E-state index in [2.05, 4.69) is 20.1 Å². The second-order valence-corrected chi connectivity index (χ2v) is 7.16. The lowest BCUT2D eigenvalue weighted by Gasteiger charge is -2.22. The predicted molar refractivity (Wildman–Crippen MR) is 90.7 cm³/mol. The fourth-order valence-corrected chi connectivity index (χ4v) is 3.33. The van der Waals surface area contributed by atoms with Gasteiger partial charge in [0.15, 0.2) is 11.7 Å². The van der Waals surface area contributed by atoms with Gasteiger partial charge in [0.1, 0.15) is 10.6 Å². The molecule has 2 rings (SSSR count). The van der Waals surface area contributed by atoms with Crippen molar-refractivity contribution in [3.8, 4) is 0 Å². The molecule has 0 N–H and O–H groups in total. The topological polar surface area (TPSA) is 41.4 Å². The summed E-state index contributed by atoms with van der Waals surface area (Å²) in [5.74, 6) is 0.437. The molecule has 1 aliphatic rings. The molecular formula is C16H14F6N4S. The Morgan fingerprint density at radius 2 is 2.00 bits per heavy atom. The number of halogens is 6. The van der Waals surface area contributed by atoms with Crippen LogP contribution in [0.3, 0.4) is 0 Å². The molecule has 11 heteroatoms. The zero-order valence-electron chi connectivity index (χ0n) is 14.2. The normalized spacial score (nSPS) is 23.5. The molecule has 0 saturated carbocycles. The molecule has 27 heavy (non-hydrogen) atoms. The van der Waals surface area contributed by atoms with Crippen LogP contribution in [-0.4, -0.2) is 28.6 Å². The Kier molecular flexibility index (Phi) is 5.89. The first-order valence-corrected chi connectivity index (χ1v) is 8.68. The number of alkyl halides is 6. The Bertz CT molecular complexity index is 809. The lowest BCUT2D eigenvalue weighted by molar-refractivity contribution is -0.147. The molecule has 0 aromatic heterocycles. The summed E-state index contributed by atoms with van der Waals surface area (Å²) in [5.41, 5.74) is -3.21. The Morgan fingerprint density at radius 3 is 2.48 bits per heavy atom. The molecule has 1 aromatic rings. The van der Waals surface area contributed by atoms with Crippen molar-refractivity contribution in [2.75, 3.05) is 5.75 Å². The van der Waals surface area contributed by atoms with Gasteiger partial charge in [-0.05, 0) is 24.8 Å². The summed E-state index contributed by atoms with van der Waals surface area (Å²) in [5, 5.41) is 7.14. The van der Waals surface area contributed by atoms with Crippen molar-refractivity contribution in [2.45, 2.75) is 44.2 Å². The number of hydrogen-bond donors (Lipinski definition) is 0. The summed E-state index contributed by atoms with van der Waals surface area (Å²) >= 11 is 1.09. The van der Waals surface area contributed by atoms with Crippen LogP contribution in [-0.2, 0) is 6.18 Å². The summed E-state index contributed by atoms with van der Waals surface area (Å²) in [6, 6.07) is 0.941. The molecule has 0 fully saturated rings. The van der Waals surface area contributed by atoms with Crippen LogP contribution in [0, 0.1) is 6.57 Å². The van der Waals surface area contributed by atoms with Gasteiger partial charge in [-0.25, -0.2) is 9.84 Å². The minimum atomic E-state index is -4.75. The smallest absolute Gasteiger partial charge is 0.244 e. The third-order valence-electron chi connectivity index (χ3n) is 3.76. The molecule has 0 radical (unpaired) electrons. The third kappa shape index (κ3) is 4.80. The summed E-state index contributed by atoms with van der Waals surface area (Å²) in [7, 11) is 0. The minimum absolute atomic E-state index is 0.113. The fourth-order valence-electron chi connectivity index (χ4n) is 2.45. The number of rotatable bonds is 3. The van der Waals surface area contributed by atoms with Crippen LogP contribution in [0.5, 0.6) is 0 Å². The molecule has 0 aliphatic carbocycles. The average molecular weight is 408 g/mol. The van der Waals surface area contributed by atoms with Crippen LogP contribution in [0.1, 0.15) is 25.8 Å². The highest BCUT2D eigenvalue weighted by atomic mass is 32.2. The highest BCUT2D eigenvalue weighted by Crippen LogP contribution is 2.42. The molecule has 1 aromatic carbocycles. The van der Waals surface area contributed by atoms with Crippen LogP contribution in [0.2, 0.25) is 0 Å². The van der Waals surface area contributed by atoms with Crippen molar-refractivity contribution in [1.29, 1.82) is 0 Å². The van der Waals surface area contributed by atoms with Gasteiger partial charge in [-0.3, -0.25) is 0 Å². The van der Waals surface area contributed by atoms with Crippen molar-refractivity contribution < 1.29 is 26.3 Å². The first kappa shape index (κ1) is 21.2. The van der Waals surface area contributed by atoms with Crippen molar-refractivity contribution in [3.05, 3.63) is 35.2 Å². The largest absolute Gasteiger partial charge is 0.412 e. The molecule has 0 saturated heterocycles. The van der Waals surface area contributed by atoms with E-state index in [0.29, 0.717) is 11.8 Å². The molecule has 2 atom stereocenters. The monoisotopic (exact) mass is 408 g/mol. The summed E-state index contributed by atoms with van der Waals surface area (Å²) < 4.78 is 78.0. The number of nitrogens with zero attached hydrogens (tertiary/aromatic N) is 4. The van der Waals surface area contributed by atoms with Crippen LogP contribution in [0.4, 0.5) is 37.7 Å². The Balaban J connectivity index is 2.45. The van der Waals surface area contributed by atoms with E-state index < -0.39 is 41.6 Å². The molecular weight excluding hydrogens is 394 g/mol. The van der Waals surface area contributed by atoms with Gasteiger partial charge in [0.2, 0.25) is 0 Å². The number of thioether (sulfide) groups is 1. The van der Waals surface area contributed by atoms with Gasteiger partial charge in [0.25, 0.3) is 0 Å².